The van der Waals surface area contributed by atoms with E-state index >= 15 is 0 Å². The van der Waals surface area contributed by atoms with Crippen LogP contribution in [-0.4, -0.2) is 30.0 Å². The highest BCUT2D eigenvalue weighted by molar-refractivity contribution is 5.99. The Morgan fingerprint density at radius 3 is 2.33 bits per heavy atom. The van der Waals surface area contributed by atoms with Crippen LogP contribution in [0.15, 0.2) is 24.3 Å². The second kappa shape index (κ2) is 10.5. The summed E-state index contributed by atoms with van der Waals surface area (Å²) in [5.41, 5.74) is 1.07. The van der Waals surface area contributed by atoms with Crippen LogP contribution in [-0.2, 0) is 19.1 Å². The molecule has 0 radical (unpaired) electrons. The fourth-order valence-corrected chi connectivity index (χ4v) is 4.51. The van der Waals surface area contributed by atoms with Crippen LogP contribution in [0.2, 0.25) is 0 Å². The summed E-state index contributed by atoms with van der Waals surface area (Å²) >= 11 is 0. The van der Waals surface area contributed by atoms with Gasteiger partial charge in [-0.05, 0) is 56.4 Å². The maximum atomic E-state index is 12.4. The standard InChI is InChI=1S/C24H31NO5/c1-2-3-4-8-22(27)25-20-11-9-16(10-12-20)21(26)15-30-24(29)19-13-17-6-5-7-18(14-19)23(17)28/h9-12,17-19H,2-8,13-15H2,1H3,(H,25,27)/t17-,18+,19?. The van der Waals surface area contributed by atoms with E-state index < -0.39 is 0 Å². The van der Waals surface area contributed by atoms with Crippen molar-refractivity contribution in [3.63, 3.8) is 0 Å². The second-order valence-corrected chi connectivity index (χ2v) is 8.51. The van der Waals surface area contributed by atoms with E-state index in [0.717, 1.165) is 38.5 Å². The number of Topliss-reactive ketones (excluding diaryl/α,β-unsaturated/α-hetero) is 2. The molecule has 2 aliphatic rings. The number of carbonyl (C=O) groups is 4. The SMILES string of the molecule is CCCCCC(=O)Nc1ccc(C(=O)COC(=O)C2C[C@H]3CCC[C@@H](C2)C3=O)cc1. The van der Waals surface area contributed by atoms with E-state index in [1.807, 2.05) is 0 Å². The monoisotopic (exact) mass is 413 g/mol. The smallest absolute Gasteiger partial charge is 0.309 e. The molecule has 2 bridgehead atoms. The molecule has 0 saturated heterocycles. The van der Waals surface area contributed by atoms with Crippen molar-refractivity contribution >= 4 is 29.1 Å². The van der Waals surface area contributed by atoms with Gasteiger partial charge in [0, 0.05) is 29.5 Å². The van der Waals surface area contributed by atoms with E-state index in [9.17, 15) is 19.2 Å². The van der Waals surface area contributed by atoms with Gasteiger partial charge in [0.15, 0.2) is 12.4 Å². The van der Waals surface area contributed by atoms with Crippen LogP contribution in [0.25, 0.3) is 0 Å². The number of carbonyl (C=O) groups excluding carboxylic acids is 4. The second-order valence-electron chi connectivity index (χ2n) is 8.51. The maximum absolute atomic E-state index is 12.4. The van der Waals surface area contributed by atoms with Crippen LogP contribution >= 0.6 is 0 Å². The highest BCUT2D eigenvalue weighted by atomic mass is 16.5. The Labute approximate surface area is 177 Å². The highest BCUT2D eigenvalue weighted by Crippen LogP contribution is 2.40. The summed E-state index contributed by atoms with van der Waals surface area (Å²) in [6.07, 6.45) is 7.31. The molecular weight excluding hydrogens is 382 g/mol. The summed E-state index contributed by atoms with van der Waals surface area (Å²) in [5, 5.41) is 2.82. The Morgan fingerprint density at radius 1 is 1.03 bits per heavy atom. The predicted molar refractivity (Wildman–Crippen MR) is 113 cm³/mol. The number of unbranched alkanes of at least 4 members (excludes halogenated alkanes) is 2. The molecule has 0 spiro atoms. The molecule has 2 fully saturated rings. The lowest BCUT2D eigenvalue weighted by Gasteiger charge is -2.36. The van der Waals surface area contributed by atoms with Gasteiger partial charge in [-0.15, -0.1) is 0 Å². The van der Waals surface area contributed by atoms with Gasteiger partial charge in [0.25, 0.3) is 0 Å². The zero-order chi connectivity index (χ0) is 21.5. The first-order chi connectivity index (χ1) is 14.5. The zero-order valence-corrected chi connectivity index (χ0v) is 17.7. The van der Waals surface area contributed by atoms with Gasteiger partial charge in [-0.1, -0.05) is 26.2 Å². The number of ketones is 2. The topological polar surface area (TPSA) is 89.5 Å². The molecule has 0 aliphatic heterocycles. The first-order valence-electron chi connectivity index (χ1n) is 11.1. The minimum Gasteiger partial charge on any atom is -0.457 e. The van der Waals surface area contributed by atoms with Gasteiger partial charge in [-0.3, -0.25) is 19.2 Å². The number of amides is 1. The number of rotatable bonds is 9. The number of hydrogen-bond donors (Lipinski definition) is 1. The van der Waals surface area contributed by atoms with E-state index in [2.05, 4.69) is 12.2 Å². The largest absolute Gasteiger partial charge is 0.457 e. The van der Waals surface area contributed by atoms with E-state index in [1.165, 1.54) is 0 Å². The third-order valence-corrected chi connectivity index (χ3v) is 6.22. The molecule has 162 valence electrons. The molecule has 1 unspecified atom stereocenters. The molecular formula is C24H31NO5. The van der Waals surface area contributed by atoms with Crippen molar-refractivity contribution in [2.24, 2.45) is 17.8 Å². The molecule has 1 aromatic rings. The molecule has 6 heteroatoms. The molecule has 0 aromatic heterocycles. The van der Waals surface area contributed by atoms with Crippen molar-refractivity contribution in [2.45, 2.75) is 64.7 Å². The fourth-order valence-electron chi connectivity index (χ4n) is 4.51. The molecule has 1 aromatic carbocycles. The Hall–Kier alpha value is -2.50. The average Bonchev–Trinajstić information content (AvgIpc) is 2.72. The number of anilines is 1. The zero-order valence-electron chi connectivity index (χ0n) is 17.7. The number of hydrogen-bond acceptors (Lipinski definition) is 5. The molecule has 0 heterocycles. The Balaban J connectivity index is 1.45. The minimum absolute atomic E-state index is 0.0181. The lowest BCUT2D eigenvalue weighted by molar-refractivity contribution is -0.152. The molecule has 1 amide bonds. The number of nitrogens with one attached hydrogen (secondary N) is 1. The maximum Gasteiger partial charge on any atom is 0.309 e. The Morgan fingerprint density at radius 2 is 1.70 bits per heavy atom. The molecule has 2 aliphatic carbocycles. The summed E-state index contributed by atoms with van der Waals surface area (Å²) in [6, 6.07) is 6.62. The van der Waals surface area contributed by atoms with Gasteiger partial charge in [-0.2, -0.15) is 0 Å². The van der Waals surface area contributed by atoms with E-state index in [0.29, 0.717) is 36.3 Å². The first-order valence-corrected chi connectivity index (χ1v) is 11.1. The molecule has 1 N–H and O–H groups in total. The minimum atomic E-state index is -0.372. The van der Waals surface area contributed by atoms with Crippen LogP contribution in [0.3, 0.4) is 0 Å². The molecule has 3 atom stereocenters. The number of esters is 1. The lowest BCUT2D eigenvalue weighted by atomic mass is 9.67. The van der Waals surface area contributed by atoms with Crippen molar-refractivity contribution in [3.8, 4) is 0 Å². The van der Waals surface area contributed by atoms with Crippen LogP contribution in [0, 0.1) is 17.8 Å². The normalized spacial score (nSPS) is 23.0. The molecule has 2 saturated carbocycles. The third kappa shape index (κ3) is 5.77. The summed E-state index contributed by atoms with van der Waals surface area (Å²) in [6.45, 7) is 1.79. The third-order valence-electron chi connectivity index (χ3n) is 6.22. The fraction of sp³-hybridized carbons (Fsp3) is 0.583. The van der Waals surface area contributed by atoms with Crippen molar-refractivity contribution < 1.29 is 23.9 Å². The Bertz CT molecular complexity index is 769. The van der Waals surface area contributed by atoms with E-state index in [-0.39, 0.29) is 42.0 Å². The quantitative estimate of drug-likeness (QED) is 0.370. The molecule has 3 rings (SSSR count). The van der Waals surface area contributed by atoms with Crippen LogP contribution in [0.4, 0.5) is 5.69 Å². The van der Waals surface area contributed by atoms with Gasteiger partial charge >= 0.3 is 5.97 Å². The molecule has 30 heavy (non-hydrogen) atoms. The lowest BCUT2D eigenvalue weighted by Crippen LogP contribution is -2.39. The Kier molecular flexibility index (Phi) is 7.77. The number of benzene rings is 1. The van der Waals surface area contributed by atoms with Gasteiger partial charge in [0.2, 0.25) is 5.91 Å². The number of ether oxygens (including phenoxy) is 1. The number of fused-ring (bicyclic) bond motifs is 2. The summed E-state index contributed by atoms with van der Waals surface area (Å²) < 4.78 is 5.28. The van der Waals surface area contributed by atoms with Crippen molar-refractivity contribution in [2.75, 3.05) is 11.9 Å². The summed E-state index contributed by atoms with van der Waals surface area (Å²) in [7, 11) is 0. The predicted octanol–water partition coefficient (Wildman–Crippen LogP) is 4.33. The first kappa shape index (κ1) is 22.2. The summed E-state index contributed by atoms with van der Waals surface area (Å²) in [5.74, 6) is -0.701. The van der Waals surface area contributed by atoms with E-state index in [4.69, 9.17) is 4.74 Å². The highest BCUT2D eigenvalue weighted by Gasteiger charge is 2.41. The van der Waals surface area contributed by atoms with Gasteiger partial charge in [0.05, 0.1) is 5.92 Å². The van der Waals surface area contributed by atoms with Crippen molar-refractivity contribution in [1.82, 2.24) is 0 Å². The van der Waals surface area contributed by atoms with Gasteiger partial charge in [0.1, 0.15) is 5.78 Å². The summed E-state index contributed by atoms with van der Waals surface area (Å²) in [4.78, 5) is 48.8. The van der Waals surface area contributed by atoms with Crippen molar-refractivity contribution in [1.29, 1.82) is 0 Å². The van der Waals surface area contributed by atoms with Crippen LogP contribution in [0.5, 0.6) is 0 Å². The molecule has 6 nitrogen and oxygen atoms in total. The average molecular weight is 414 g/mol. The van der Waals surface area contributed by atoms with Gasteiger partial charge in [-0.25, -0.2) is 0 Å². The van der Waals surface area contributed by atoms with Gasteiger partial charge < -0.3 is 10.1 Å². The van der Waals surface area contributed by atoms with Crippen LogP contribution in [0.1, 0.15) is 75.1 Å². The van der Waals surface area contributed by atoms with Crippen LogP contribution < -0.4 is 5.32 Å². The van der Waals surface area contributed by atoms with Crippen molar-refractivity contribution in [3.05, 3.63) is 29.8 Å². The van der Waals surface area contributed by atoms with E-state index in [1.54, 1.807) is 24.3 Å².